The van der Waals surface area contributed by atoms with Crippen molar-refractivity contribution in [2.45, 2.75) is 32.5 Å². The number of piperidine rings is 1. The first-order valence-corrected chi connectivity index (χ1v) is 10.3. The van der Waals surface area contributed by atoms with Crippen molar-refractivity contribution in [1.29, 1.82) is 0 Å². The topological polar surface area (TPSA) is 66.0 Å². The molecule has 29 heavy (non-hydrogen) atoms. The molecule has 150 valence electrons. The maximum atomic E-state index is 12.3. The largest absolute Gasteiger partial charge is 0.349 e. The smallest absolute Gasteiger partial charge is 0.251 e. The Morgan fingerprint density at radius 2 is 1.83 bits per heavy atom. The van der Waals surface area contributed by atoms with E-state index in [1.807, 2.05) is 47.1 Å². The number of hydrogen-bond acceptors (Lipinski definition) is 4. The van der Waals surface area contributed by atoms with E-state index in [4.69, 9.17) is 12.2 Å². The summed E-state index contributed by atoms with van der Waals surface area (Å²) in [5.41, 5.74) is 2.96. The van der Waals surface area contributed by atoms with Gasteiger partial charge in [-0.25, -0.2) is 4.68 Å². The van der Waals surface area contributed by atoms with Crippen LogP contribution >= 0.6 is 12.2 Å². The van der Waals surface area contributed by atoms with Crippen LogP contribution in [-0.2, 0) is 6.67 Å². The normalized spacial score (nSPS) is 15.3. The number of nitrogens with zero attached hydrogens (tertiary/aromatic N) is 3. The zero-order valence-electron chi connectivity index (χ0n) is 16.5. The number of likely N-dealkylation sites (tertiary alicyclic amines) is 1. The number of benzene rings is 2. The number of rotatable bonds is 5. The Hall–Kier alpha value is -2.77. The second-order valence-electron chi connectivity index (χ2n) is 7.52. The predicted molar refractivity (Wildman–Crippen MR) is 116 cm³/mol. The Bertz CT molecular complexity index is 1020. The van der Waals surface area contributed by atoms with Crippen molar-refractivity contribution in [2.24, 2.45) is 0 Å². The molecule has 2 N–H and O–H groups in total. The molecule has 1 saturated heterocycles. The van der Waals surface area contributed by atoms with Crippen molar-refractivity contribution < 1.29 is 4.79 Å². The first-order valence-electron chi connectivity index (χ1n) is 9.90. The minimum absolute atomic E-state index is 0.00239. The summed E-state index contributed by atoms with van der Waals surface area (Å²) in [6.07, 6.45) is 1.84. The molecular weight excluding hydrogens is 382 g/mol. The molecule has 0 atom stereocenters. The van der Waals surface area contributed by atoms with Gasteiger partial charge in [-0.2, -0.15) is 4.98 Å². The number of H-pyrrole nitrogens is 1. The van der Waals surface area contributed by atoms with Crippen LogP contribution in [0.2, 0.25) is 0 Å². The average Bonchev–Trinajstić information content (AvgIpc) is 3.11. The number of aromatic amines is 1. The molecule has 2 aromatic carbocycles. The molecule has 1 fully saturated rings. The van der Waals surface area contributed by atoms with Gasteiger partial charge in [0, 0.05) is 30.3 Å². The molecule has 0 bridgehead atoms. The number of aryl methyl sites for hydroxylation is 1. The van der Waals surface area contributed by atoms with E-state index < -0.39 is 0 Å². The highest BCUT2D eigenvalue weighted by atomic mass is 32.1. The van der Waals surface area contributed by atoms with Gasteiger partial charge in [0.25, 0.3) is 5.91 Å². The van der Waals surface area contributed by atoms with E-state index >= 15 is 0 Å². The van der Waals surface area contributed by atoms with Crippen LogP contribution in [0.15, 0.2) is 54.6 Å². The highest BCUT2D eigenvalue weighted by Crippen LogP contribution is 2.17. The summed E-state index contributed by atoms with van der Waals surface area (Å²) in [6, 6.07) is 17.8. The lowest BCUT2D eigenvalue weighted by Gasteiger charge is -2.32. The first-order chi connectivity index (χ1) is 14.1. The minimum Gasteiger partial charge on any atom is -0.349 e. The fraction of sp³-hybridized carbons (Fsp3) is 0.318. The molecule has 4 rings (SSSR count). The quantitative estimate of drug-likeness (QED) is 0.632. The molecule has 0 spiro atoms. The van der Waals surface area contributed by atoms with Crippen LogP contribution in [0.25, 0.3) is 11.4 Å². The molecule has 0 aliphatic carbocycles. The van der Waals surface area contributed by atoms with Crippen molar-refractivity contribution in [1.82, 2.24) is 25.0 Å². The van der Waals surface area contributed by atoms with Gasteiger partial charge in [-0.05, 0) is 44.1 Å². The lowest BCUT2D eigenvalue weighted by Crippen LogP contribution is -2.45. The van der Waals surface area contributed by atoms with Crippen molar-refractivity contribution in [3.05, 3.63) is 70.5 Å². The molecule has 3 aromatic rings. The van der Waals surface area contributed by atoms with Gasteiger partial charge in [0.05, 0.1) is 6.67 Å². The van der Waals surface area contributed by atoms with Gasteiger partial charge in [0.1, 0.15) is 0 Å². The second-order valence-corrected chi connectivity index (χ2v) is 7.89. The summed E-state index contributed by atoms with van der Waals surface area (Å²) in [6.45, 7) is 4.55. The van der Waals surface area contributed by atoms with E-state index in [0.29, 0.717) is 17.0 Å². The fourth-order valence-electron chi connectivity index (χ4n) is 3.57. The Morgan fingerprint density at radius 1 is 1.14 bits per heavy atom. The number of nitrogens with one attached hydrogen (secondary N) is 2. The van der Waals surface area contributed by atoms with Crippen molar-refractivity contribution in [2.75, 3.05) is 13.1 Å². The summed E-state index contributed by atoms with van der Waals surface area (Å²) >= 11 is 5.44. The number of aromatic nitrogens is 3. The van der Waals surface area contributed by atoms with Crippen molar-refractivity contribution >= 4 is 18.1 Å². The molecule has 6 nitrogen and oxygen atoms in total. The summed E-state index contributed by atoms with van der Waals surface area (Å²) < 4.78 is 2.47. The summed E-state index contributed by atoms with van der Waals surface area (Å²) in [5.74, 6) is 0.794. The molecule has 7 heteroatoms. The Kier molecular flexibility index (Phi) is 5.87. The Labute approximate surface area is 175 Å². The zero-order valence-corrected chi connectivity index (χ0v) is 17.3. The third kappa shape index (κ3) is 4.81. The van der Waals surface area contributed by atoms with E-state index in [1.54, 1.807) is 0 Å². The second kappa shape index (κ2) is 8.71. The van der Waals surface area contributed by atoms with Gasteiger partial charge in [0.15, 0.2) is 5.82 Å². The van der Waals surface area contributed by atoms with Crippen molar-refractivity contribution in [3.8, 4) is 11.4 Å². The first kappa shape index (κ1) is 19.5. The molecule has 1 amide bonds. The standard InChI is InChI=1S/C22H25N5OS/c1-16-7-9-17(10-8-16)20-24-22(29)27(25-20)15-26-13-11-19(12-14-26)23-21(28)18-5-3-2-4-6-18/h2-10,19H,11-15H2,1H3,(H,23,28)(H,24,25,29). The molecule has 1 aromatic heterocycles. The van der Waals surface area contributed by atoms with Crippen LogP contribution < -0.4 is 5.32 Å². The lowest BCUT2D eigenvalue weighted by atomic mass is 10.0. The van der Waals surface area contributed by atoms with E-state index in [2.05, 4.69) is 39.4 Å². The third-order valence-corrected chi connectivity index (χ3v) is 5.62. The van der Waals surface area contributed by atoms with E-state index in [-0.39, 0.29) is 11.9 Å². The molecule has 1 aliphatic heterocycles. The highest BCUT2D eigenvalue weighted by Gasteiger charge is 2.21. The van der Waals surface area contributed by atoms with Crippen LogP contribution in [0.3, 0.4) is 0 Å². The van der Waals surface area contributed by atoms with Gasteiger partial charge < -0.3 is 5.32 Å². The van der Waals surface area contributed by atoms with E-state index in [1.165, 1.54) is 5.56 Å². The fourth-order valence-corrected chi connectivity index (χ4v) is 3.76. The third-order valence-electron chi connectivity index (χ3n) is 5.30. The Balaban J connectivity index is 1.32. The average molecular weight is 408 g/mol. The Morgan fingerprint density at radius 3 is 2.52 bits per heavy atom. The number of hydrogen-bond donors (Lipinski definition) is 2. The molecule has 1 aliphatic rings. The number of carbonyl (C=O) groups excluding carboxylic acids is 1. The zero-order chi connectivity index (χ0) is 20.2. The molecule has 2 heterocycles. The van der Waals surface area contributed by atoms with Gasteiger partial charge in [0.2, 0.25) is 4.77 Å². The summed E-state index contributed by atoms with van der Waals surface area (Å²) in [5, 5.41) is 6.47. The van der Waals surface area contributed by atoms with Gasteiger partial charge in [-0.15, -0.1) is 0 Å². The van der Waals surface area contributed by atoms with Crippen LogP contribution in [0.5, 0.6) is 0 Å². The van der Waals surface area contributed by atoms with Gasteiger partial charge in [-0.1, -0.05) is 48.0 Å². The minimum atomic E-state index is 0.00239. The summed E-state index contributed by atoms with van der Waals surface area (Å²) in [4.78, 5) is 19.2. The molecular formula is C22H25N5OS. The molecule has 0 radical (unpaired) electrons. The maximum Gasteiger partial charge on any atom is 0.251 e. The predicted octanol–water partition coefficient (Wildman–Crippen LogP) is 3.77. The lowest BCUT2D eigenvalue weighted by molar-refractivity contribution is 0.0896. The molecule has 0 saturated carbocycles. The van der Waals surface area contributed by atoms with Crippen LogP contribution in [0, 0.1) is 11.7 Å². The van der Waals surface area contributed by atoms with Gasteiger partial charge >= 0.3 is 0 Å². The summed E-state index contributed by atoms with van der Waals surface area (Å²) in [7, 11) is 0. The van der Waals surface area contributed by atoms with E-state index in [0.717, 1.165) is 37.3 Å². The van der Waals surface area contributed by atoms with Gasteiger partial charge in [-0.3, -0.25) is 14.8 Å². The van der Waals surface area contributed by atoms with Crippen LogP contribution in [-0.4, -0.2) is 44.7 Å². The maximum absolute atomic E-state index is 12.3. The monoisotopic (exact) mass is 407 g/mol. The molecule has 0 unspecified atom stereocenters. The van der Waals surface area contributed by atoms with Crippen molar-refractivity contribution in [3.63, 3.8) is 0 Å². The number of amides is 1. The number of carbonyl (C=O) groups is 1. The SMILES string of the molecule is Cc1ccc(-c2nc(=S)n(CN3CCC(NC(=O)c4ccccc4)CC3)[nH]2)cc1. The van der Waals surface area contributed by atoms with E-state index in [9.17, 15) is 4.79 Å². The van der Waals surface area contributed by atoms with Crippen LogP contribution in [0.1, 0.15) is 28.8 Å². The highest BCUT2D eigenvalue weighted by molar-refractivity contribution is 7.71. The van der Waals surface area contributed by atoms with Crippen LogP contribution in [0.4, 0.5) is 0 Å².